The summed E-state index contributed by atoms with van der Waals surface area (Å²) in [6.07, 6.45) is 3.71. The van der Waals surface area contributed by atoms with Crippen LogP contribution in [0.4, 0.5) is 5.69 Å². The van der Waals surface area contributed by atoms with Crippen LogP contribution in [0.3, 0.4) is 0 Å². The van der Waals surface area contributed by atoms with Crippen LogP contribution in [0.5, 0.6) is 0 Å². The lowest BCUT2D eigenvalue weighted by Crippen LogP contribution is -2.34. The van der Waals surface area contributed by atoms with Gasteiger partial charge in [0.1, 0.15) is 0 Å². The Hall–Kier alpha value is -2.21. The Balaban J connectivity index is 2.01. The molecule has 1 aliphatic rings. The predicted octanol–water partition coefficient (Wildman–Crippen LogP) is 1.09. The van der Waals surface area contributed by atoms with Crippen LogP contribution in [0.1, 0.15) is 12.0 Å². The molecule has 1 amide bonds. The standard InChI is InChI=1S/C13H15N3O3/c17-13(15-11-7-8-14-9-11)6-5-10-3-1-2-4-12(10)16(18)19/h1-6,11,14H,7-9H2,(H,15,17). The normalized spacial score (nSPS) is 18.6. The molecule has 1 aromatic rings. The Morgan fingerprint density at radius 2 is 2.26 bits per heavy atom. The van der Waals surface area contributed by atoms with E-state index in [0.717, 1.165) is 19.5 Å². The van der Waals surface area contributed by atoms with Crippen LogP contribution < -0.4 is 10.6 Å². The summed E-state index contributed by atoms with van der Waals surface area (Å²) in [5, 5.41) is 16.8. The molecule has 1 heterocycles. The highest BCUT2D eigenvalue weighted by atomic mass is 16.6. The second-order valence-corrected chi connectivity index (χ2v) is 4.35. The number of rotatable bonds is 4. The Morgan fingerprint density at radius 1 is 1.47 bits per heavy atom. The van der Waals surface area contributed by atoms with Gasteiger partial charge in [0.25, 0.3) is 5.69 Å². The molecule has 0 aliphatic carbocycles. The minimum absolute atomic E-state index is 0.00548. The van der Waals surface area contributed by atoms with Crippen molar-refractivity contribution in [2.45, 2.75) is 12.5 Å². The lowest BCUT2D eigenvalue weighted by Gasteiger charge is -2.08. The molecule has 1 unspecified atom stereocenters. The summed E-state index contributed by atoms with van der Waals surface area (Å²) in [5.74, 6) is -0.230. The molecular formula is C13H15N3O3. The molecule has 100 valence electrons. The Kier molecular flexibility index (Phi) is 4.25. The molecule has 1 aromatic carbocycles. The monoisotopic (exact) mass is 261 g/mol. The number of carbonyl (C=O) groups excluding carboxylic acids is 1. The topological polar surface area (TPSA) is 84.3 Å². The number of amides is 1. The van der Waals surface area contributed by atoms with E-state index >= 15 is 0 Å². The summed E-state index contributed by atoms with van der Waals surface area (Å²) in [5.41, 5.74) is 0.418. The smallest absolute Gasteiger partial charge is 0.276 e. The van der Waals surface area contributed by atoms with Gasteiger partial charge in [-0.1, -0.05) is 12.1 Å². The molecule has 0 saturated carbocycles. The van der Waals surface area contributed by atoms with E-state index in [1.54, 1.807) is 18.2 Å². The summed E-state index contributed by atoms with van der Waals surface area (Å²) in [7, 11) is 0. The van der Waals surface area contributed by atoms with Crippen molar-refractivity contribution in [3.63, 3.8) is 0 Å². The van der Waals surface area contributed by atoms with Gasteiger partial charge in [-0.05, 0) is 25.1 Å². The molecule has 2 N–H and O–H groups in total. The van der Waals surface area contributed by atoms with Gasteiger partial charge < -0.3 is 10.6 Å². The van der Waals surface area contributed by atoms with E-state index in [2.05, 4.69) is 10.6 Å². The van der Waals surface area contributed by atoms with Crippen molar-refractivity contribution in [2.75, 3.05) is 13.1 Å². The minimum Gasteiger partial charge on any atom is -0.348 e. The van der Waals surface area contributed by atoms with E-state index in [4.69, 9.17) is 0 Å². The quantitative estimate of drug-likeness (QED) is 0.482. The molecule has 6 nitrogen and oxygen atoms in total. The molecular weight excluding hydrogens is 246 g/mol. The molecule has 0 bridgehead atoms. The van der Waals surface area contributed by atoms with Crippen molar-refractivity contribution in [3.05, 3.63) is 46.0 Å². The van der Waals surface area contributed by atoms with Crippen molar-refractivity contribution >= 4 is 17.7 Å². The van der Waals surface area contributed by atoms with Crippen LogP contribution in [0, 0.1) is 10.1 Å². The Labute approximate surface area is 110 Å². The maximum Gasteiger partial charge on any atom is 0.276 e. The number of nitro benzene ring substituents is 1. The average Bonchev–Trinajstić information content (AvgIpc) is 2.89. The molecule has 1 fully saturated rings. The summed E-state index contributed by atoms with van der Waals surface area (Å²) in [6.45, 7) is 1.67. The lowest BCUT2D eigenvalue weighted by atomic mass is 10.1. The number of nitro groups is 1. The zero-order valence-corrected chi connectivity index (χ0v) is 10.3. The molecule has 2 rings (SSSR count). The van der Waals surface area contributed by atoms with Gasteiger partial charge in [0.15, 0.2) is 0 Å². The summed E-state index contributed by atoms with van der Waals surface area (Å²) in [4.78, 5) is 22.0. The number of hydrogen-bond acceptors (Lipinski definition) is 4. The number of nitrogens with one attached hydrogen (secondary N) is 2. The molecule has 6 heteroatoms. The van der Waals surface area contributed by atoms with E-state index in [9.17, 15) is 14.9 Å². The number of para-hydroxylation sites is 1. The zero-order chi connectivity index (χ0) is 13.7. The summed E-state index contributed by atoms with van der Waals surface area (Å²) >= 11 is 0. The fraction of sp³-hybridized carbons (Fsp3) is 0.308. The van der Waals surface area contributed by atoms with Crippen molar-refractivity contribution in [2.24, 2.45) is 0 Å². The van der Waals surface area contributed by atoms with Crippen molar-refractivity contribution in [1.29, 1.82) is 0 Å². The molecule has 0 aromatic heterocycles. The maximum atomic E-state index is 11.7. The van der Waals surface area contributed by atoms with Crippen molar-refractivity contribution in [3.8, 4) is 0 Å². The van der Waals surface area contributed by atoms with Crippen LogP contribution in [0.2, 0.25) is 0 Å². The number of benzene rings is 1. The molecule has 1 atom stereocenters. The third kappa shape index (κ3) is 3.62. The fourth-order valence-electron chi connectivity index (χ4n) is 1.99. The Morgan fingerprint density at radius 3 is 2.95 bits per heavy atom. The highest BCUT2D eigenvalue weighted by molar-refractivity contribution is 5.92. The molecule has 1 saturated heterocycles. The molecule has 19 heavy (non-hydrogen) atoms. The third-order valence-corrected chi connectivity index (χ3v) is 2.95. The van der Waals surface area contributed by atoms with Crippen molar-refractivity contribution < 1.29 is 9.72 Å². The average molecular weight is 261 g/mol. The number of nitrogens with zero attached hydrogens (tertiary/aromatic N) is 1. The van der Waals surface area contributed by atoms with Crippen LogP contribution in [-0.2, 0) is 4.79 Å². The first kappa shape index (κ1) is 13.2. The van der Waals surface area contributed by atoms with Gasteiger partial charge in [-0.2, -0.15) is 0 Å². The predicted molar refractivity (Wildman–Crippen MR) is 71.5 cm³/mol. The summed E-state index contributed by atoms with van der Waals surface area (Å²) in [6, 6.07) is 6.46. The molecule has 0 radical (unpaired) electrons. The van der Waals surface area contributed by atoms with Gasteiger partial charge in [0, 0.05) is 24.7 Å². The van der Waals surface area contributed by atoms with Gasteiger partial charge in [-0.25, -0.2) is 0 Å². The highest BCUT2D eigenvalue weighted by Gasteiger charge is 2.15. The highest BCUT2D eigenvalue weighted by Crippen LogP contribution is 2.18. The SMILES string of the molecule is O=C(C=Cc1ccccc1[N+](=O)[O-])NC1CCNC1. The Bertz CT molecular complexity index is 508. The second kappa shape index (κ2) is 6.10. The van der Waals surface area contributed by atoms with Crippen LogP contribution in [0.25, 0.3) is 6.08 Å². The van der Waals surface area contributed by atoms with E-state index in [0.29, 0.717) is 5.56 Å². The van der Waals surface area contributed by atoms with Crippen LogP contribution in [0.15, 0.2) is 30.3 Å². The maximum absolute atomic E-state index is 11.7. The van der Waals surface area contributed by atoms with E-state index in [1.165, 1.54) is 18.2 Å². The number of carbonyl (C=O) groups is 1. The third-order valence-electron chi connectivity index (χ3n) is 2.95. The van der Waals surface area contributed by atoms with E-state index < -0.39 is 4.92 Å². The van der Waals surface area contributed by atoms with Gasteiger partial charge in [0.2, 0.25) is 5.91 Å². The lowest BCUT2D eigenvalue weighted by molar-refractivity contribution is -0.385. The fourth-order valence-corrected chi connectivity index (χ4v) is 1.99. The molecule has 1 aliphatic heterocycles. The minimum atomic E-state index is -0.460. The van der Waals surface area contributed by atoms with E-state index in [1.807, 2.05) is 0 Å². The second-order valence-electron chi connectivity index (χ2n) is 4.35. The van der Waals surface area contributed by atoms with Crippen LogP contribution in [-0.4, -0.2) is 30.0 Å². The number of hydrogen-bond donors (Lipinski definition) is 2. The first-order valence-corrected chi connectivity index (χ1v) is 6.09. The van der Waals surface area contributed by atoms with Gasteiger partial charge in [0.05, 0.1) is 10.5 Å². The van der Waals surface area contributed by atoms with Gasteiger partial charge in [-0.15, -0.1) is 0 Å². The van der Waals surface area contributed by atoms with Crippen LogP contribution >= 0.6 is 0 Å². The largest absolute Gasteiger partial charge is 0.348 e. The summed E-state index contributed by atoms with van der Waals surface area (Å²) < 4.78 is 0. The van der Waals surface area contributed by atoms with Gasteiger partial charge in [-0.3, -0.25) is 14.9 Å². The first-order valence-electron chi connectivity index (χ1n) is 6.09. The van der Waals surface area contributed by atoms with Crippen molar-refractivity contribution in [1.82, 2.24) is 10.6 Å². The molecule has 0 spiro atoms. The first-order chi connectivity index (χ1) is 9.16. The van der Waals surface area contributed by atoms with Gasteiger partial charge >= 0.3 is 0 Å². The van der Waals surface area contributed by atoms with E-state index in [-0.39, 0.29) is 17.6 Å². The zero-order valence-electron chi connectivity index (χ0n) is 10.3.